The minimum atomic E-state index is -3.27. The van der Waals surface area contributed by atoms with Crippen molar-refractivity contribution < 1.29 is 13.2 Å². The zero-order valence-electron chi connectivity index (χ0n) is 9.44. The molecule has 0 saturated heterocycles. The van der Waals surface area contributed by atoms with Crippen LogP contribution in [0.4, 0.5) is 5.69 Å². The van der Waals surface area contributed by atoms with Crippen molar-refractivity contribution in [1.29, 1.82) is 0 Å². The maximum atomic E-state index is 11.8. The van der Waals surface area contributed by atoms with E-state index in [2.05, 4.69) is 20.7 Å². The second kappa shape index (κ2) is 4.86. The lowest BCUT2D eigenvalue weighted by Crippen LogP contribution is -2.18. The van der Waals surface area contributed by atoms with E-state index < -0.39 is 10.0 Å². The Morgan fingerprint density at radius 3 is 2.76 bits per heavy atom. The number of methoxy groups -OCH3 is 1. The molecule has 1 N–H and O–H groups in total. The molecule has 1 saturated carbocycles. The van der Waals surface area contributed by atoms with Crippen molar-refractivity contribution in [3.05, 3.63) is 22.7 Å². The Kier molecular flexibility index (Phi) is 3.63. The Bertz CT molecular complexity index is 511. The molecule has 1 aliphatic carbocycles. The van der Waals surface area contributed by atoms with E-state index in [4.69, 9.17) is 4.74 Å². The second-order valence-electron chi connectivity index (χ2n) is 4.17. The lowest BCUT2D eigenvalue weighted by molar-refractivity contribution is 0.417. The van der Waals surface area contributed by atoms with Crippen LogP contribution in [0.5, 0.6) is 5.75 Å². The number of halogens is 1. The molecule has 94 valence electrons. The van der Waals surface area contributed by atoms with Gasteiger partial charge in [0, 0.05) is 4.47 Å². The quantitative estimate of drug-likeness (QED) is 0.907. The minimum Gasteiger partial charge on any atom is -0.495 e. The highest BCUT2D eigenvalue weighted by Crippen LogP contribution is 2.33. The third kappa shape index (κ3) is 3.61. The molecular formula is C11H14BrNO3S. The SMILES string of the molecule is COc1ccc(Br)cc1NS(=O)(=O)CC1CC1. The molecule has 0 spiro atoms. The topological polar surface area (TPSA) is 55.4 Å². The van der Waals surface area contributed by atoms with Gasteiger partial charge in [-0.2, -0.15) is 0 Å². The van der Waals surface area contributed by atoms with Gasteiger partial charge >= 0.3 is 0 Å². The number of nitrogens with one attached hydrogen (secondary N) is 1. The largest absolute Gasteiger partial charge is 0.495 e. The molecule has 1 aromatic carbocycles. The maximum Gasteiger partial charge on any atom is 0.233 e. The van der Waals surface area contributed by atoms with Crippen LogP contribution < -0.4 is 9.46 Å². The van der Waals surface area contributed by atoms with Crippen LogP contribution in [0.2, 0.25) is 0 Å². The Labute approximate surface area is 110 Å². The van der Waals surface area contributed by atoms with Crippen LogP contribution in [0.3, 0.4) is 0 Å². The van der Waals surface area contributed by atoms with Crippen molar-refractivity contribution in [1.82, 2.24) is 0 Å². The number of ether oxygens (including phenoxy) is 1. The number of sulfonamides is 1. The fourth-order valence-electron chi connectivity index (χ4n) is 1.56. The lowest BCUT2D eigenvalue weighted by atomic mass is 10.3. The van der Waals surface area contributed by atoms with Crippen molar-refractivity contribution in [2.45, 2.75) is 12.8 Å². The molecule has 1 fully saturated rings. The molecule has 0 heterocycles. The summed E-state index contributed by atoms with van der Waals surface area (Å²) in [6.07, 6.45) is 2.02. The van der Waals surface area contributed by atoms with Crippen molar-refractivity contribution in [2.75, 3.05) is 17.6 Å². The first-order valence-electron chi connectivity index (χ1n) is 5.34. The summed E-state index contributed by atoms with van der Waals surface area (Å²) in [5.41, 5.74) is 0.475. The summed E-state index contributed by atoms with van der Waals surface area (Å²) in [6.45, 7) is 0. The molecule has 0 aromatic heterocycles. The molecule has 1 aliphatic rings. The third-order valence-corrected chi connectivity index (χ3v) is 4.51. The number of hydrogen-bond acceptors (Lipinski definition) is 3. The average Bonchev–Trinajstić information content (AvgIpc) is 3.00. The Morgan fingerprint density at radius 1 is 1.47 bits per heavy atom. The Hall–Kier alpha value is -0.750. The summed E-state index contributed by atoms with van der Waals surface area (Å²) in [5, 5.41) is 0. The van der Waals surface area contributed by atoms with Gasteiger partial charge in [-0.3, -0.25) is 4.72 Å². The lowest BCUT2D eigenvalue weighted by Gasteiger charge is -2.11. The van der Waals surface area contributed by atoms with Crippen LogP contribution in [0, 0.1) is 5.92 Å². The van der Waals surface area contributed by atoms with Crippen LogP contribution >= 0.6 is 15.9 Å². The highest BCUT2D eigenvalue weighted by molar-refractivity contribution is 9.10. The van der Waals surface area contributed by atoms with Gasteiger partial charge in [0.05, 0.1) is 18.6 Å². The second-order valence-corrected chi connectivity index (χ2v) is 6.85. The van der Waals surface area contributed by atoms with Gasteiger partial charge < -0.3 is 4.74 Å². The van der Waals surface area contributed by atoms with Crippen molar-refractivity contribution >= 4 is 31.6 Å². The average molecular weight is 320 g/mol. The maximum absolute atomic E-state index is 11.8. The summed E-state index contributed by atoms with van der Waals surface area (Å²) >= 11 is 3.31. The van der Waals surface area contributed by atoms with Crippen LogP contribution in [-0.2, 0) is 10.0 Å². The molecule has 0 bridgehead atoms. The molecule has 0 atom stereocenters. The molecule has 0 amide bonds. The molecule has 2 rings (SSSR count). The smallest absolute Gasteiger partial charge is 0.233 e. The summed E-state index contributed by atoms with van der Waals surface area (Å²) in [5.74, 6) is 1.04. The van der Waals surface area contributed by atoms with Gasteiger partial charge in [-0.25, -0.2) is 8.42 Å². The van der Waals surface area contributed by atoms with E-state index in [1.54, 1.807) is 18.2 Å². The van der Waals surface area contributed by atoms with Gasteiger partial charge in [0.25, 0.3) is 0 Å². The Morgan fingerprint density at radius 2 is 2.18 bits per heavy atom. The van der Waals surface area contributed by atoms with E-state index in [9.17, 15) is 8.42 Å². The number of anilines is 1. The molecule has 6 heteroatoms. The van der Waals surface area contributed by atoms with E-state index in [1.807, 2.05) is 0 Å². The van der Waals surface area contributed by atoms with Gasteiger partial charge in [-0.05, 0) is 37.0 Å². The molecule has 0 aliphatic heterocycles. The number of rotatable bonds is 5. The van der Waals surface area contributed by atoms with Gasteiger partial charge in [0.1, 0.15) is 5.75 Å². The van der Waals surface area contributed by atoms with E-state index in [1.165, 1.54) is 7.11 Å². The third-order valence-electron chi connectivity index (χ3n) is 2.58. The number of hydrogen-bond donors (Lipinski definition) is 1. The minimum absolute atomic E-state index is 0.197. The van der Waals surface area contributed by atoms with Gasteiger partial charge in [0.2, 0.25) is 10.0 Å². The zero-order valence-corrected chi connectivity index (χ0v) is 11.8. The van der Waals surface area contributed by atoms with Gasteiger partial charge in [0.15, 0.2) is 0 Å². The summed E-state index contributed by atoms with van der Waals surface area (Å²) < 4.78 is 32.2. The molecule has 4 nitrogen and oxygen atoms in total. The fourth-order valence-corrected chi connectivity index (χ4v) is 3.46. The van der Waals surface area contributed by atoms with Crippen LogP contribution in [-0.4, -0.2) is 21.3 Å². The molecular weight excluding hydrogens is 306 g/mol. The molecule has 17 heavy (non-hydrogen) atoms. The molecule has 1 aromatic rings. The van der Waals surface area contributed by atoms with E-state index in [0.29, 0.717) is 17.4 Å². The van der Waals surface area contributed by atoms with Crippen LogP contribution in [0.15, 0.2) is 22.7 Å². The van der Waals surface area contributed by atoms with Gasteiger partial charge in [-0.1, -0.05) is 15.9 Å². The first kappa shape index (κ1) is 12.7. The predicted octanol–water partition coefficient (Wildman–Crippen LogP) is 2.61. The number of benzene rings is 1. The van der Waals surface area contributed by atoms with Crippen LogP contribution in [0.25, 0.3) is 0 Å². The highest BCUT2D eigenvalue weighted by Gasteiger charge is 2.28. The first-order chi connectivity index (χ1) is 8.00. The van der Waals surface area contributed by atoms with Crippen LogP contribution in [0.1, 0.15) is 12.8 Å². The van der Waals surface area contributed by atoms with E-state index in [-0.39, 0.29) is 5.75 Å². The molecule has 0 radical (unpaired) electrons. The monoisotopic (exact) mass is 319 g/mol. The molecule has 0 unspecified atom stereocenters. The fraction of sp³-hybridized carbons (Fsp3) is 0.455. The standard InChI is InChI=1S/C11H14BrNO3S/c1-16-11-5-4-9(12)6-10(11)13-17(14,15)7-8-2-3-8/h4-6,8,13H,2-3,7H2,1H3. The zero-order chi connectivity index (χ0) is 12.5. The normalized spacial score (nSPS) is 15.6. The van der Waals surface area contributed by atoms with E-state index in [0.717, 1.165) is 17.3 Å². The summed E-state index contributed by atoms with van der Waals surface area (Å²) in [6, 6.07) is 5.22. The highest BCUT2D eigenvalue weighted by atomic mass is 79.9. The van der Waals surface area contributed by atoms with Crippen molar-refractivity contribution in [2.24, 2.45) is 5.92 Å². The van der Waals surface area contributed by atoms with Gasteiger partial charge in [-0.15, -0.1) is 0 Å². The predicted molar refractivity (Wildman–Crippen MR) is 70.8 cm³/mol. The summed E-state index contributed by atoms with van der Waals surface area (Å²) in [7, 11) is -1.76. The Balaban J connectivity index is 2.18. The van der Waals surface area contributed by atoms with E-state index >= 15 is 0 Å². The van der Waals surface area contributed by atoms with Crippen molar-refractivity contribution in [3.8, 4) is 5.75 Å². The summed E-state index contributed by atoms with van der Waals surface area (Å²) in [4.78, 5) is 0. The van der Waals surface area contributed by atoms with Crippen molar-refractivity contribution in [3.63, 3.8) is 0 Å². The first-order valence-corrected chi connectivity index (χ1v) is 7.79.